The van der Waals surface area contributed by atoms with Crippen LogP contribution in [0.2, 0.25) is 0 Å². The van der Waals surface area contributed by atoms with Gasteiger partial charge in [0.15, 0.2) is 0 Å². The Labute approximate surface area is 168 Å². The molecule has 0 aliphatic carbocycles. The Morgan fingerprint density at radius 3 is 2.68 bits per heavy atom. The van der Waals surface area contributed by atoms with E-state index in [4.69, 9.17) is 9.26 Å². The van der Waals surface area contributed by atoms with Crippen molar-refractivity contribution in [2.45, 2.75) is 37.8 Å². The van der Waals surface area contributed by atoms with Crippen LogP contribution in [-0.2, 0) is 23.6 Å². The first-order valence-electron chi connectivity index (χ1n) is 8.93. The van der Waals surface area contributed by atoms with Gasteiger partial charge in [-0.25, -0.2) is 4.98 Å². The molecular formula is C21H23N3O3S. The SMILES string of the molecule is COCc1ccccc1CNC(=O)c1cccnc1SCc1c(C)noc1C. The van der Waals surface area contributed by atoms with E-state index >= 15 is 0 Å². The number of pyridine rings is 1. The molecule has 146 valence electrons. The van der Waals surface area contributed by atoms with Crippen molar-refractivity contribution in [3.63, 3.8) is 0 Å². The molecule has 0 aliphatic rings. The second-order valence-electron chi connectivity index (χ2n) is 6.33. The van der Waals surface area contributed by atoms with E-state index in [-0.39, 0.29) is 5.91 Å². The molecule has 6 nitrogen and oxygen atoms in total. The third-order valence-corrected chi connectivity index (χ3v) is 5.44. The Morgan fingerprint density at radius 1 is 1.18 bits per heavy atom. The van der Waals surface area contributed by atoms with Crippen LogP contribution in [0.3, 0.4) is 0 Å². The van der Waals surface area contributed by atoms with Gasteiger partial charge < -0.3 is 14.6 Å². The van der Waals surface area contributed by atoms with E-state index in [9.17, 15) is 4.79 Å². The highest BCUT2D eigenvalue weighted by Crippen LogP contribution is 2.27. The summed E-state index contributed by atoms with van der Waals surface area (Å²) in [5, 5.41) is 7.65. The Hall–Kier alpha value is -2.64. The number of hydrogen-bond donors (Lipinski definition) is 1. The van der Waals surface area contributed by atoms with Gasteiger partial charge in [0, 0.05) is 31.2 Å². The summed E-state index contributed by atoms with van der Waals surface area (Å²) in [5.74, 6) is 1.29. The van der Waals surface area contributed by atoms with Crippen LogP contribution in [0.1, 0.15) is 38.5 Å². The zero-order valence-corrected chi connectivity index (χ0v) is 17.0. The lowest BCUT2D eigenvalue weighted by molar-refractivity contribution is 0.0946. The standard InChI is InChI=1S/C21H23N3O3S/c1-14-19(15(2)27-24-14)13-28-21-18(9-6-10-22-21)20(25)23-11-16-7-4-5-8-17(16)12-26-3/h4-10H,11-13H2,1-3H3,(H,23,25). The second kappa shape index (κ2) is 9.52. The number of carbonyl (C=O) groups is 1. The summed E-state index contributed by atoms with van der Waals surface area (Å²) >= 11 is 1.50. The molecule has 0 saturated heterocycles. The summed E-state index contributed by atoms with van der Waals surface area (Å²) in [6.07, 6.45) is 1.69. The average molecular weight is 398 g/mol. The number of nitrogens with zero attached hydrogens (tertiary/aromatic N) is 2. The van der Waals surface area contributed by atoms with Gasteiger partial charge in [-0.3, -0.25) is 4.79 Å². The van der Waals surface area contributed by atoms with Gasteiger partial charge in [0.1, 0.15) is 10.8 Å². The fraction of sp³-hybridized carbons (Fsp3) is 0.286. The maximum atomic E-state index is 12.8. The van der Waals surface area contributed by atoms with E-state index in [1.165, 1.54) is 11.8 Å². The highest BCUT2D eigenvalue weighted by Gasteiger charge is 2.15. The van der Waals surface area contributed by atoms with E-state index in [1.54, 1.807) is 25.4 Å². The van der Waals surface area contributed by atoms with Gasteiger partial charge in [-0.05, 0) is 37.1 Å². The molecule has 1 N–H and O–H groups in total. The first-order chi connectivity index (χ1) is 13.6. The van der Waals surface area contributed by atoms with Crippen molar-refractivity contribution in [1.29, 1.82) is 0 Å². The zero-order valence-electron chi connectivity index (χ0n) is 16.2. The molecule has 28 heavy (non-hydrogen) atoms. The molecule has 2 aromatic heterocycles. The molecule has 0 bridgehead atoms. The molecule has 0 fully saturated rings. The van der Waals surface area contributed by atoms with Crippen molar-refractivity contribution < 1.29 is 14.1 Å². The Kier molecular flexibility index (Phi) is 6.84. The predicted molar refractivity (Wildman–Crippen MR) is 108 cm³/mol. The summed E-state index contributed by atoms with van der Waals surface area (Å²) in [7, 11) is 1.66. The average Bonchev–Trinajstić information content (AvgIpc) is 3.03. The summed E-state index contributed by atoms with van der Waals surface area (Å²) in [4.78, 5) is 17.2. The number of aryl methyl sites for hydroxylation is 2. The molecule has 0 spiro atoms. The first kappa shape index (κ1) is 20.1. The van der Waals surface area contributed by atoms with Crippen LogP contribution in [0, 0.1) is 13.8 Å². The maximum absolute atomic E-state index is 12.8. The van der Waals surface area contributed by atoms with Crippen molar-refractivity contribution in [2.24, 2.45) is 0 Å². The van der Waals surface area contributed by atoms with Gasteiger partial charge in [0.05, 0.1) is 17.9 Å². The number of thioether (sulfide) groups is 1. The van der Waals surface area contributed by atoms with Crippen LogP contribution in [0.5, 0.6) is 0 Å². The molecule has 1 amide bonds. The summed E-state index contributed by atoms with van der Waals surface area (Å²) in [6, 6.07) is 11.5. The second-order valence-corrected chi connectivity index (χ2v) is 7.30. The number of amides is 1. The largest absolute Gasteiger partial charge is 0.380 e. The quantitative estimate of drug-likeness (QED) is 0.578. The molecular weight excluding hydrogens is 374 g/mol. The fourth-order valence-corrected chi connectivity index (χ4v) is 3.97. The van der Waals surface area contributed by atoms with E-state index in [1.807, 2.05) is 38.1 Å². The van der Waals surface area contributed by atoms with E-state index in [0.717, 1.165) is 28.1 Å². The van der Waals surface area contributed by atoms with Gasteiger partial charge >= 0.3 is 0 Å². The van der Waals surface area contributed by atoms with Crippen molar-refractivity contribution >= 4 is 17.7 Å². The number of ether oxygens (including phenoxy) is 1. The highest BCUT2D eigenvalue weighted by atomic mass is 32.2. The molecule has 2 heterocycles. The van der Waals surface area contributed by atoms with Crippen molar-refractivity contribution in [3.8, 4) is 0 Å². The molecule has 3 rings (SSSR count). The molecule has 0 unspecified atom stereocenters. The minimum Gasteiger partial charge on any atom is -0.380 e. The van der Waals surface area contributed by atoms with Gasteiger partial charge in [-0.2, -0.15) is 0 Å². The van der Waals surface area contributed by atoms with Crippen LogP contribution >= 0.6 is 11.8 Å². The van der Waals surface area contributed by atoms with Gasteiger partial charge in [-0.1, -0.05) is 29.4 Å². The molecule has 0 atom stereocenters. The molecule has 1 aromatic carbocycles. The minimum atomic E-state index is -0.151. The lowest BCUT2D eigenvalue weighted by Gasteiger charge is -2.12. The normalized spacial score (nSPS) is 10.8. The minimum absolute atomic E-state index is 0.151. The summed E-state index contributed by atoms with van der Waals surface area (Å²) < 4.78 is 10.4. The topological polar surface area (TPSA) is 77.2 Å². The number of nitrogens with one attached hydrogen (secondary N) is 1. The first-order valence-corrected chi connectivity index (χ1v) is 9.92. The molecule has 0 radical (unpaired) electrons. The smallest absolute Gasteiger partial charge is 0.254 e. The zero-order chi connectivity index (χ0) is 19.9. The van der Waals surface area contributed by atoms with Crippen molar-refractivity contribution in [2.75, 3.05) is 7.11 Å². The number of aromatic nitrogens is 2. The van der Waals surface area contributed by atoms with Crippen LogP contribution < -0.4 is 5.32 Å². The fourth-order valence-electron chi connectivity index (χ4n) is 2.82. The lowest BCUT2D eigenvalue weighted by atomic mass is 10.1. The maximum Gasteiger partial charge on any atom is 0.254 e. The summed E-state index contributed by atoms with van der Waals surface area (Å²) in [6.45, 7) is 4.74. The van der Waals surface area contributed by atoms with E-state index in [2.05, 4.69) is 15.5 Å². The monoisotopic (exact) mass is 397 g/mol. The Bertz CT molecular complexity index is 936. The van der Waals surface area contributed by atoms with Crippen LogP contribution in [0.15, 0.2) is 52.1 Å². The van der Waals surface area contributed by atoms with Gasteiger partial charge in [0.25, 0.3) is 5.91 Å². The number of rotatable bonds is 8. The van der Waals surface area contributed by atoms with Crippen molar-refractivity contribution in [1.82, 2.24) is 15.5 Å². The molecule has 7 heteroatoms. The Morgan fingerprint density at radius 2 is 1.96 bits per heavy atom. The predicted octanol–water partition coefficient (Wildman–Crippen LogP) is 4.06. The van der Waals surface area contributed by atoms with Crippen LogP contribution in [0.4, 0.5) is 0 Å². The highest BCUT2D eigenvalue weighted by molar-refractivity contribution is 7.98. The lowest BCUT2D eigenvalue weighted by Crippen LogP contribution is -2.24. The van der Waals surface area contributed by atoms with E-state index in [0.29, 0.717) is 29.5 Å². The van der Waals surface area contributed by atoms with Gasteiger partial charge in [0.2, 0.25) is 0 Å². The third-order valence-electron chi connectivity index (χ3n) is 4.41. The van der Waals surface area contributed by atoms with Crippen LogP contribution in [0.25, 0.3) is 0 Å². The van der Waals surface area contributed by atoms with Crippen LogP contribution in [-0.4, -0.2) is 23.2 Å². The number of benzene rings is 1. The van der Waals surface area contributed by atoms with Gasteiger partial charge in [-0.15, -0.1) is 11.8 Å². The Balaban J connectivity index is 1.69. The van der Waals surface area contributed by atoms with Crippen molar-refractivity contribution in [3.05, 3.63) is 76.3 Å². The number of carbonyl (C=O) groups excluding carboxylic acids is 1. The summed E-state index contributed by atoms with van der Waals surface area (Å²) in [5.41, 5.74) is 4.55. The van der Waals surface area contributed by atoms with E-state index < -0.39 is 0 Å². The third kappa shape index (κ3) is 4.79. The number of hydrogen-bond acceptors (Lipinski definition) is 6. The molecule has 0 aliphatic heterocycles. The number of methoxy groups -OCH3 is 1. The molecule has 3 aromatic rings. The molecule has 0 saturated carbocycles.